The maximum Gasteiger partial charge on any atom is 0.272 e. The highest BCUT2D eigenvalue weighted by Gasteiger charge is 2.16. The summed E-state index contributed by atoms with van der Waals surface area (Å²) in [6, 6.07) is 5.36. The van der Waals surface area contributed by atoms with Crippen molar-refractivity contribution in [1.29, 1.82) is 0 Å². The number of nitro benzene ring substituents is 1. The molecule has 1 heterocycles. The number of pyridine rings is 1. The molecule has 0 aliphatic rings. The van der Waals surface area contributed by atoms with Crippen LogP contribution in [0, 0.1) is 10.1 Å². The predicted octanol–water partition coefficient (Wildman–Crippen LogP) is 3.67. The molecule has 0 saturated heterocycles. The second kappa shape index (κ2) is 5.29. The van der Waals surface area contributed by atoms with Crippen molar-refractivity contribution in [2.24, 2.45) is 0 Å². The first-order valence-electron chi connectivity index (χ1n) is 5.00. The van der Waals surface area contributed by atoms with E-state index in [2.05, 4.69) is 4.98 Å². The standard InChI is InChI=1S/C11H7Cl2N3O3/c12-8-3-6(16(17)18)4-9(13)11(8)19-7-1-2-15-10(14)5-7/h1-5H,(H2,14,15). The molecule has 0 radical (unpaired) electrons. The summed E-state index contributed by atoms with van der Waals surface area (Å²) in [5.74, 6) is 0.774. The topological polar surface area (TPSA) is 91.3 Å². The summed E-state index contributed by atoms with van der Waals surface area (Å²) in [7, 11) is 0. The first kappa shape index (κ1) is 13.4. The van der Waals surface area contributed by atoms with Crippen molar-refractivity contribution < 1.29 is 9.66 Å². The quantitative estimate of drug-likeness (QED) is 0.689. The molecule has 0 aliphatic heterocycles. The zero-order valence-corrected chi connectivity index (χ0v) is 10.9. The summed E-state index contributed by atoms with van der Waals surface area (Å²) < 4.78 is 5.45. The Morgan fingerprint density at radius 2 is 1.89 bits per heavy atom. The van der Waals surface area contributed by atoms with Gasteiger partial charge in [-0.05, 0) is 6.07 Å². The fourth-order valence-corrected chi connectivity index (χ4v) is 1.91. The van der Waals surface area contributed by atoms with Crippen molar-refractivity contribution in [1.82, 2.24) is 4.98 Å². The highest BCUT2D eigenvalue weighted by Crippen LogP contribution is 2.39. The number of halogens is 2. The van der Waals surface area contributed by atoms with Crippen LogP contribution in [-0.4, -0.2) is 9.91 Å². The zero-order chi connectivity index (χ0) is 14.0. The third kappa shape index (κ3) is 3.04. The van der Waals surface area contributed by atoms with Gasteiger partial charge in [-0.15, -0.1) is 0 Å². The Balaban J connectivity index is 2.38. The van der Waals surface area contributed by atoms with E-state index in [0.717, 1.165) is 12.1 Å². The number of nitrogen functional groups attached to an aromatic ring is 1. The van der Waals surface area contributed by atoms with Crippen molar-refractivity contribution in [3.63, 3.8) is 0 Å². The number of anilines is 1. The molecule has 19 heavy (non-hydrogen) atoms. The fourth-order valence-electron chi connectivity index (χ4n) is 1.36. The molecular weight excluding hydrogens is 293 g/mol. The maximum atomic E-state index is 10.6. The second-order valence-electron chi connectivity index (χ2n) is 3.51. The molecule has 2 rings (SSSR count). The fraction of sp³-hybridized carbons (Fsp3) is 0. The Morgan fingerprint density at radius 3 is 2.42 bits per heavy atom. The summed E-state index contributed by atoms with van der Waals surface area (Å²) in [5, 5.41) is 10.7. The summed E-state index contributed by atoms with van der Waals surface area (Å²) in [5.41, 5.74) is 5.29. The summed E-state index contributed by atoms with van der Waals surface area (Å²) >= 11 is 11.8. The number of rotatable bonds is 3. The lowest BCUT2D eigenvalue weighted by Gasteiger charge is -2.09. The number of benzene rings is 1. The van der Waals surface area contributed by atoms with Gasteiger partial charge < -0.3 is 10.5 Å². The van der Waals surface area contributed by atoms with Crippen LogP contribution >= 0.6 is 23.2 Å². The number of aromatic nitrogens is 1. The molecule has 6 nitrogen and oxygen atoms in total. The van der Waals surface area contributed by atoms with Gasteiger partial charge in [0.2, 0.25) is 0 Å². The molecule has 2 aromatic rings. The number of ether oxygens (including phenoxy) is 1. The molecule has 2 N–H and O–H groups in total. The molecule has 1 aromatic heterocycles. The Labute approximate surface area is 117 Å². The number of non-ortho nitro benzene ring substituents is 1. The van der Waals surface area contributed by atoms with E-state index in [0.29, 0.717) is 5.75 Å². The van der Waals surface area contributed by atoms with Crippen molar-refractivity contribution in [3.8, 4) is 11.5 Å². The molecule has 0 fully saturated rings. The van der Waals surface area contributed by atoms with E-state index in [1.165, 1.54) is 12.3 Å². The minimum atomic E-state index is -0.591. The molecule has 0 bridgehead atoms. The van der Waals surface area contributed by atoms with Crippen molar-refractivity contribution in [2.45, 2.75) is 0 Å². The lowest BCUT2D eigenvalue weighted by molar-refractivity contribution is -0.384. The Kier molecular flexibility index (Phi) is 3.73. The van der Waals surface area contributed by atoms with Crippen molar-refractivity contribution in [2.75, 3.05) is 5.73 Å². The van der Waals surface area contributed by atoms with Gasteiger partial charge in [-0.2, -0.15) is 0 Å². The van der Waals surface area contributed by atoms with E-state index < -0.39 is 4.92 Å². The molecule has 8 heteroatoms. The van der Waals surface area contributed by atoms with Gasteiger partial charge in [-0.3, -0.25) is 10.1 Å². The van der Waals surface area contributed by atoms with Gasteiger partial charge in [-0.25, -0.2) is 4.98 Å². The SMILES string of the molecule is Nc1cc(Oc2c(Cl)cc([N+](=O)[O-])cc2Cl)ccn1. The average Bonchev–Trinajstić information content (AvgIpc) is 2.33. The molecular formula is C11H7Cl2N3O3. The normalized spacial score (nSPS) is 10.2. The molecule has 0 atom stereocenters. The molecule has 0 unspecified atom stereocenters. The molecule has 0 amide bonds. The maximum absolute atomic E-state index is 10.6. The third-order valence-electron chi connectivity index (χ3n) is 2.17. The highest BCUT2D eigenvalue weighted by atomic mass is 35.5. The van der Waals surface area contributed by atoms with Gasteiger partial charge in [0, 0.05) is 24.4 Å². The predicted molar refractivity (Wildman–Crippen MR) is 71.8 cm³/mol. The molecule has 0 saturated carbocycles. The summed E-state index contributed by atoms with van der Waals surface area (Å²) in [4.78, 5) is 13.9. The van der Waals surface area contributed by atoms with E-state index in [1.54, 1.807) is 6.07 Å². The Morgan fingerprint density at radius 1 is 1.26 bits per heavy atom. The first-order chi connectivity index (χ1) is 8.97. The first-order valence-corrected chi connectivity index (χ1v) is 5.76. The minimum absolute atomic E-state index is 0.0367. The van der Waals surface area contributed by atoms with Crippen molar-refractivity contribution >= 4 is 34.7 Å². The lowest BCUT2D eigenvalue weighted by Crippen LogP contribution is -1.93. The smallest absolute Gasteiger partial charge is 0.272 e. The van der Waals surface area contributed by atoms with Crippen LogP contribution in [-0.2, 0) is 0 Å². The number of nitro groups is 1. The van der Waals surface area contributed by atoms with Crippen LogP contribution in [0.1, 0.15) is 0 Å². The minimum Gasteiger partial charge on any atom is -0.454 e. The molecule has 1 aromatic carbocycles. The second-order valence-corrected chi connectivity index (χ2v) is 4.33. The van der Waals surface area contributed by atoms with E-state index in [4.69, 9.17) is 33.7 Å². The van der Waals surface area contributed by atoms with Gasteiger partial charge in [0.05, 0.1) is 15.0 Å². The number of hydrogen-bond donors (Lipinski definition) is 1. The van der Waals surface area contributed by atoms with E-state index in [1.807, 2.05) is 0 Å². The number of hydrogen-bond acceptors (Lipinski definition) is 5. The van der Waals surface area contributed by atoms with Crippen LogP contribution in [0.5, 0.6) is 11.5 Å². The van der Waals surface area contributed by atoms with Gasteiger partial charge in [0.1, 0.15) is 11.6 Å². The molecule has 0 aliphatic carbocycles. The summed E-state index contributed by atoms with van der Waals surface area (Å²) in [6.07, 6.45) is 1.46. The van der Waals surface area contributed by atoms with Crippen molar-refractivity contribution in [3.05, 3.63) is 50.6 Å². The number of nitrogens with two attached hydrogens (primary N) is 1. The largest absolute Gasteiger partial charge is 0.454 e. The van der Waals surface area contributed by atoms with Crippen LogP contribution in [0.25, 0.3) is 0 Å². The van der Waals surface area contributed by atoms with Crippen LogP contribution in [0.4, 0.5) is 11.5 Å². The van der Waals surface area contributed by atoms with Gasteiger partial charge in [-0.1, -0.05) is 23.2 Å². The third-order valence-corrected chi connectivity index (χ3v) is 2.73. The number of nitrogens with zero attached hydrogens (tertiary/aromatic N) is 2. The lowest BCUT2D eigenvalue weighted by atomic mass is 10.3. The van der Waals surface area contributed by atoms with Crippen LogP contribution in [0.15, 0.2) is 30.5 Å². The average molecular weight is 300 g/mol. The monoisotopic (exact) mass is 299 g/mol. The van der Waals surface area contributed by atoms with E-state index in [-0.39, 0.29) is 27.3 Å². The zero-order valence-electron chi connectivity index (χ0n) is 9.34. The van der Waals surface area contributed by atoms with Gasteiger partial charge in [0.25, 0.3) is 5.69 Å². The summed E-state index contributed by atoms with van der Waals surface area (Å²) in [6.45, 7) is 0. The van der Waals surface area contributed by atoms with E-state index in [9.17, 15) is 10.1 Å². The van der Waals surface area contributed by atoms with Crippen LogP contribution in [0.3, 0.4) is 0 Å². The van der Waals surface area contributed by atoms with Crippen LogP contribution < -0.4 is 10.5 Å². The van der Waals surface area contributed by atoms with E-state index >= 15 is 0 Å². The molecule has 98 valence electrons. The van der Waals surface area contributed by atoms with Gasteiger partial charge >= 0.3 is 0 Å². The molecule has 0 spiro atoms. The van der Waals surface area contributed by atoms with Crippen LogP contribution in [0.2, 0.25) is 10.0 Å². The van der Waals surface area contributed by atoms with Gasteiger partial charge in [0.15, 0.2) is 5.75 Å². The highest BCUT2D eigenvalue weighted by molar-refractivity contribution is 6.37. The Hall–Kier alpha value is -2.05. The Bertz CT molecular complexity index is 626.